The summed E-state index contributed by atoms with van der Waals surface area (Å²) in [4.78, 5) is 36.2. The van der Waals surface area contributed by atoms with Gasteiger partial charge in [-0.1, -0.05) is 18.2 Å². The number of ether oxygens (including phenoxy) is 1. The molecule has 2 rings (SSSR count). The van der Waals surface area contributed by atoms with Gasteiger partial charge in [0.2, 0.25) is 5.91 Å². The van der Waals surface area contributed by atoms with Crippen LogP contribution in [0, 0.1) is 17.4 Å². The van der Waals surface area contributed by atoms with Gasteiger partial charge in [0.1, 0.15) is 0 Å². The number of carbonyl (C=O) groups excluding carboxylic acids is 3. The number of amides is 2. The lowest BCUT2D eigenvalue weighted by molar-refractivity contribution is -0.130. The molecule has 1 unspecified atom stereocenters. The number of carbonyl (C=O) groups is 3. The lowest BCUT2D eigenvalue weighted by Crippen LogP contribution is -2.40. The summed E-state index contributed by atoms with van der Waals surface area (Å²) in [5, 5.41) is 5.26. The van der Waals surface area contributed by atoms with Crippen LogP contribution >= 0.6 is 22.6 Å². The largest absolute Gasteiger partial charge is 0.449 e. The molecule has 1 atom stereocenters. The van der Waals surface area contributed by atoms with Crippen LogP contribution < -0.4 is 10.6 Å². The molecule has 0 saturated carbocycles. The van der Waals surface area contributed by atoms with Gasteiger partial charge in [-0.3, -0.25) is 9.59 Å². The minimum atomic E-state index is -1.01. The number of halogens is 1. The number of benzene rings is 2. The van der Waals surface area contributed by atoms with E-state index in [1.807, 2.05) is 32.0 Å². The average molecular weight is 480 g/mol. The average Bonchev–Trinajstić information content (AvgIpc) is 2.63. The molecule has 0 aliphatic heterocycles. The number of anilines is 1. The van der Waals surface area contributed by atoms with Gasteiger partial charge in [-0.2, -0.15) is 0 Å². The van der Waals surface area contributed by atoms with Crippen molar-refractivity contribution in [1.29, 1.82) is 0 Å². The van der Waals surface area contributed by atoms with Crippen LogP contribution in [0.25, 0.3) is 0 Å². The Hall–Kier alpha value is -2.42. The number of hydrogen-bond donors (Lipinski definition) is 2. The van der Waals surface area contributed by atoms with Crippen molar-refractivity contribution in [2.75, 3.05) is 11.9 Å². The minimum Gasteiger partial charge on any atom is -0.449 e. The van der Waals surface area contributed by atoms with Crippen LogP contribution in [0.1, 0.15) is 28.4 Å². The van der Waals surface area contributed by atoms with Gasteiger partial charge in [0, 0.05) is 9.26 Å². The van der Waals surface area contributed by atoms with Crippen LogP contribution in [0.3, 0.4) is 0 Å². The molecule has 2 amide bonds. The van der Waals surface area contributed by atoms with Crippen LogP contribution in [-0.2, 0) is 14.3 Å². The van der Waals surface area contributed by atoms with Gasteiger partial charge >= 0.3 is 5.97 Å². The number of aryl methyl sites for hydroxylation is 2. The maximum absolute atomic E-state index is 12.1. The highest BCUT2D eigenvalue weighted by atomic mass is 127. The van der Waals surface area contributed by atoms with Gasteiger partial charge in [0.25, 0.3) is 5.91 Å². The third-order valence-electron chi connectivity index (χ3n) is 3.90. The molecule has 0 aromatic heterocycles. The Morgan fingerprint density at radius 1 is 1.04 bits per heavy atom. The van der Waals surface area contributed by atoms with E-state index in [2.05, 4.69) is 33.2 Å². The number of nitrogens with one attached hydrogen (secondary N) is 2. The van der Waals surface area contributed by atoms with Crippen molar-refractivity contribution in [3.63, 3.8) is 0 Å². The predicted molar refractivity (Wildman–Crippen MR) is 112 cm³/mol. The molecule has 0 aliphatic carbocycles. The van der Waals surface area contributed by atoms with E-state index in [-0.39, 0.29) is 12.5 Å². The molecule has 2 aromatic rings. The fourth-order valence-electron chi connectivity index (χ4n) is 2.37. The monoisotopic (exact) mass is 480 g/mol. The Labute approximate surface area is 171 Å². The van der Waals surface area contributed by atoms with Gasteiger partial charge in [0.05, 0.1) is 12.1 Å². The van der Waals surface area contributed by atoms with Crippen LogP contribution in [0.15, 0.2) is 42.5 Å². The molecule has 0 bridgehead atoms. The van der Waals surface area contributed by atoms with Crippen molar-refractivity contribution in [1.82, 2.24) is 5.32 Å². The van der Waals surface area contributed by atoms with Crippen molar-refractivity contribution in [2.24, 2.45) is 0 Å². The van der Waals surface area contributed by atoms with Crippen molar-refractivity contribution in [3.05, 3.63) is 62.7 Å². The van der Waals surface area contributed by atoms with Crippen LogP contribution in [-0.4, -0.2) is 30.4 Å². The number of rotatable bonds is 6. The molecule has 0 radical (unpaired) electrons. The van der Waals surface area contributed by atoms with E-state index >= 15 is 0 Å². The fourth-order valence-corrected chi connectivity index (χ4v) is 2.73. The van der Waals surface area contributed by atoms with Crippen molar-refractivity contribution in [3.8, 4) is 0 Å². The standard InChI is InChI=1S/C20H21IN2O4/c1-12-5-4-6-13(2)18(12)23-17(24)11-22-19(25)14(3)27-20(26)15-7-9-16(21)10-8-15/h4-10,14H,11H2,1-3H3,(H,22,25)(H,23,24). The molecule has 2 N–H and O–H groups in total. The third-order valence-corrected chi connectivity index (χ3v) is 4.62. The van der Waals surface area contributed by atoms with Gasteiger partial charge in [-0.25, -0.2) is 4.79 Å². The van der Waals surface area contributed by atoms with Crippen molar-refractivity contribution < 1.29 is 19.1 Å². The maximum atomic E-state index is 12.1. The molecular formula is C20H21IN2O4. The highest BCUT2D eigenvalue weighted by Crippen LogP contribution is 2.19. The first-order valence-electron chi connectivity index (χ1n) is 8.38. The zero-order valence-corrected chi connectivity index (χ0v) is 17.5. The second-order valence-electron chi connectivity index (χ2n) is 6.09. The Kier molecular flexibility index (Phi) is 7.35. The molecule has 6 nitrogen and oxygen atoms in total. The topological polar surface area (TPSA) is 84.5 Å². The summed E-state index contributed by atoms with van der Waals surface area (Å²) in [6, 6.07) is 12.5. The third kappa shape index (κ3) is 6.06. The van der Waals surface area contributed by atoms with Gasteiger partial charge < -0.3 is 15.4 Å². The highest BCUT2D eigenvalue weighted by Gasteiger charge is 2.19. The lowest BCUT2D eigenvalue weighted by atomic mass is 10.1. The van der Waals surface area contributed by atoms with Crippen molar-refractivity contribution >= 4 is 46.1 Å². The van der Waals surface area contributed by atoms with Gasteiger partial charge in [0.15, 0.2) is 6.10 Å². The summed E-state index contributed by atoms with van der Waals surface area (Å²) in [6.45, 7) is 5.04. The van der Waals surface area contributed by atoms with Crippen molar-refractivity contribution in [2.45, 2.75) is 26.9 Å². The van der Waals surface area contributed by atoms with Crippen LogP contribution in [0.5, 0.6) is 0 Å². The van der Waals surface area contributed by atoms with E-state index in [0.717, 1.165) is 20.4 Å². The number of hydrogen-bond acceptors (Lipinski definition) is 4. The quantitative estimate of drug-likeness (QED) is 0.492. The van der Waals surface area contributed by atoms with E-state index in [1.165, 1.54) is 6.92 Å². The lowest BCUT2D eigenvalue weighted by Gasteiger charge is -2.15. The van der Waals surface area contributed by atoms with E-state index < -0.39 is 18.0 Å². The second-order valence-corrected chi connectivity index (χ2v) is 7.33. The Morgan fingerprint density at radius 2 is 1.63 bits per heavy atom. The van der Waals surface area contributed by atoms with Gasteiger partial charge in [-0.15, -0.1) is 0 Å². The highest BCUT2D eigenvalue weighted by molar-refractivity contribution is 14.1. The first kappa shape index (κ1) is 20.9. The molecule has 0 saturated heterocycles. The molecule has 27 heavy (non-hydrogen) atoms. The molecule has 7 heteroatoms. The molecule has 2 aromatic carbocycles. The molecule has 0 fully saturated rings. The summed E-state index contributed by atoms with van der Waals surface area (Å²) >= 11 is 2.13. The normalized spacial score (nSPS) is 11.4. The fraction of sp³-hybridized carbons (Fsp3) is 0.250. The Morgan fingerprint density at radius 3 is 2.22 bits per heavy atom. The van der Waals surface area contributed by atoms with E-state index in [9.17, 15) is 14.4 Å². The van der Waals surface area contributed by atoms with E-state index in [4.69, 9.17) is 4.74 Å². The Bertz CT molecular complexity index is 829. The minimum absolute atomic E-state index is 0.210. The summed E-state index contributed by atoms with van der Waals surface area (Å²) in [7, 11) is 0. The smallest absolute Gasteiger partial charge is 0.338 e. The maximum Gasteiger partial charge on any atom is 0.338 e. The van der Waals surface area contributed by atoms with E-state index in [0.29, 0.717) is 5.56 Å². The first-order valence-corrected chi connectivity index (χ1v) is 9.46. The summed E-state index contributed by atoms with van der Waals surface area (Å²) in [5.41, 5.74) is 2.97. The number of para-hydroxylation sites is 1. The summed E-state index contributed by atoms with van der Waals surface area (Å²) < 4.78 is 6.13. The summed E-state index contributed by atoms with van der Waals surface area (Å²) in [6.07, 6.45) is -1.01. The predicted octanol–water partition coefficient (Wildman–Crippen LogP) is 3.21. The molecule has 0 heterocycles. The molecule has 0 spiro atoms. The zero-order chi connectivity index (χ0) is 20.0. The molecular weight excluding hydrogens is 459 g/mol. The van der Waals surface area contributed by atoms with E-state index in [1.54, 1.807) is 24.3 Å². The molecule has 142 valence electrons. The first-order chi connectivity index (χ1) is 12.8. The van der Waals surface area contributed by atoms with Gasteiger partial charge in [-0.05, 0) is 78.8 Å². The van der Waals surface area contributed by atoms with Crippen LogP contribution in [0.4, 0.5) is 5.69 Å². The zero-order valence-electron chi connectivity index (χ0n) is 15.3. The molecule has 0 aliphatic rings. The van der Waals surface area contributed by atoms with Crippen LogP contribution in [0.2, 0.25) is 0 Å². The second kappa shape index (κ2) is 9.50. The Balaban J connectivity index is 1.84. The SMILES string of the molecule is Cc1cccc(C)c1NC(=O)CNC(=O)C(C)OC(=O)c1ccc(I)cc1. The number of esters is 1. The summed E-state index contributed by atoms with van der Waals surface area (Å²) in [5.74, 6) is -1.48.